The first-order valence-electron chi connectivity index (χ1n) is 7.22. The number of benzene rings is 1. The Balaban J connectivity index is 2.27. The molecule has 1 aliphatic carbocycles. The van der Waals surface area contributed by atoms with Crippen LogP contribution in [0.3, 0.4) is 0 Å². The van der Waals surface area contributed by atoms with E-state index in [0.29, 0.717) is 0 Å². The summed E-state index contributed by atoms with van der Waals surface area (Å²) >= 11 is 0. The van der Waals surface area contributed by atoms with Crippen LogP contribution in [0.1, 0.15) is 48.9 Å². The second-order valence-corrected chi connectivity index (χ2v) is 7.94. The van der Waals surface area contributed by atoms with Crippen molar-refractivity contribution in [1.82, 2.24) is 0 Å². The maximum Gasteiger partial charge on any atom is -0.00124 e. The molecule has 0 fully saturated rings. The van der Waals surface area contributed by atoms with Crippen molar-refractivity contribution in [2.75, 3.05) is 12.3 Å². The van der Waals surface area contributed by atoms with Gasteiger partial charge in [-0.1, -0.05) is 52.8 Å². The highest BCUT2D eigenvalue weighted by Crippen LogP contribution is 2.51. The maximum absolute atomic E-state index is 2.52. The summed E-state index contributed by atoms with van der Waals surface area (Å²) in [4.78, 5) is 0. The van der Waals surface area contributed by atoms with Crippen LogP contribution in [0.5, 0.6) is 0 Å². The van der Waals surface area contributed by atoms with Gasteiger partial charge in [0.15, 0.2) is 0 Å². The van der Waals surface area contributed by atoms with E-state index in [0.717, 1.165) is 0 Å². The molecule has 0 N–H and O–H groups in total. The summed E-state index contributed by atoms with van der Waals surface area (Å²) in [6.45, 7) is 9.16. The minimum atomic E-state index is 0.128. The van der Waals surface area contributed by atoms with Crippen molar-refractivity contribution in [3.05, 3.63) is 39.7 Å². The van der Waals surface area contributed by atoms with Crippen LogP contribution in [-0.4, -0.2) is 12.3 Å². The Morgan fingerprint density at radius 2 is 1.61 bits per heavy atom. The molecule has 18 heavy (non-hydrogen) atoms. The van der Waals surface area contributed by atoms with Crippen molar-refractivity contribution < 1.29 is 0 Å². The average molecular weight is 260 g/mol. The molecular weight excluding hydrogens is 235 g/mol. The fourth-order valence-corrected chi connectivity index (χ4v) is 5.44. The summed E-state index contributed by atoms with van der Waals surface area (Å²) in [6, 6.07) is 4.56. The molecule has 0 aliphatic heterocycles. The fourth-order valence-electron chi connectivity index (χ4n) is 2.87. The van der Waals surface area contributed by atoms with Gasteiger partial charge in [0.25, 0.3) is 0 Å². The van der Waals surface area contributed by atoms with Gasteiger partial charge in [0, 0.05) is 0 Å². The summed E-state index contributed by atoms with van der Waals surface area (Å²) in [7, 11) is 0.128. The molecule has 0 spiro atoms. The van der Waals surface area contributed by atoms with Gasteiger partial charge >= 0.3 is 0 Å². The molecule has 0 amide bonds. The summed E-state index contributed by atoms with van der Waals surface area (Å²) in [5.41, 5.74) is 6.06. The Morgan fingerprint density at radius 1 is 1.00 bits per heavy atom. The lowest BCUT2D eigenvalue weighted by Gasteiger charge is -2.17. The Bertz CT molecular complexity index is 451. The number of aryl methyl sites for hydroxylation is 2. The first-order valence-corrected chi connectivity index (χ1v) is 8.93. The molecule has 0 atom stereocenters. The molecule has 1 aromatic carbocycles. The zero-order chi connectivity index (χ0) is 13.1. The molecule has 98 valence electrons. The highest BCUT2D eigenvalue weighted by molar-refractivity contribution is 7.62. The number of fused-ring (bicyclic) bond motifs is 1. The SMILES string of the molecule is CCCP(CCC)C1=Cc2c(C)ccc(C)c2C1. The van der Waals surface area contributed by atoms with Crippen molar-refractivity contribution in [3.8, 4) is 0 Å². The zero-order valence-electron chi connectivity index (χ0n) is 12.2. The molecule has 0 heterocycles. The normalized spacial score (nSPS) is 13.9. The third-order valence-corrected chi connectivity index (χ3v) is 6.95. The van der Waals surface area contributed by atoms with Crippen molar-refractivity contribution in [2.24, 2.45) is 0 Å². The lowest BCUT2D eigenvalue weighted by molar-refractivity contribution is 1.05. The molecule has 1 aromatic rings. The largest absolute Gasteiger partial charge is 0.0794 e. The Hall–Kier alpha value is -0.610. The lowest BCUT2D eigenvalue weighted by Crippen LogP contribution is -1.94. The first kappa shape index (κ1) is 13.8. The molecule has 0 aromatic heterocycles. The Morgan fingerprint density at radius 3 is 2.17 bits per heavy atom. The first-order chi connectivity index (χ1) is 8.67. The molecule has 0 unspecified atom stereocenters. The van der Waals surface area contributed by atoms with Gasteiger partial charge in [0.05, 0.1) is 0 Å². The maximum atomic E-state index is 2.52. The molecule has 2 rings (SSSR count). The zero-order valence-corrected chi connectivity index (χ0v) is 13.1. The minimum absolute atomic E-state index is 0.128. The van der Waals surface area contributed by atoms with E-state index in [-0.39, 0.29) is 7.92 Å². The van der Waals surface area contributed by atoms with Crippen LogP contribution in [0.4, 0.5) is 0 Å². The number of rotatable bonds is 5. The van der Waals surface area contributed by atoms with Gasteiger partial charge in [-0.25, -0.2) is 0 Å². The monoisotopic (exact) mass is 260 g/mol. The smallest absolute Gasteiger partial charge is 0.00124 e. The third kappa shape index (κ3) is 2.69. The number of hydrogen-bond acceptors (Lipinski definition) is 0. The fraction of sp³-hybridized carbons (Fsp3) is 0.529. The third-order valence-electron chi connectivity index (χ3n) is 3.87. The molecule has 0 radical (unpaired) electrons. The second-order valence-electron chi connectivity index (χ2n) is 5.39. The quantitative estimate of drug-likeness (QED) is 0.613. The Labute approximate surface area is 113 Å². The molecule has 1 heteroatoms. The van der Waals surface area contributed by atoms with Gasteiger partial charge in [0.2, 0.25) is 0 Å². The summed E-state index contributed by atoms with van der Waals surface area (Å²) in [5.74, 6) is 0. The molecule has 1 aliphatic rings. The van der Waals surface area contributed by atoms with Crippen LogP contribution in [0.2, 0.25) is 0 Å². The predicted molar refractivity (Wildman–Crippen MR) is 84.8 cm³/mol. The highest BCUT2D eigenvalue weighted by Gasteiger charge is 2.21. The number of hydrogen-bond donors (Lipinski definition) is 0. The number of allylic oxidation sites excluding steroid dienone is 1. The van der Waals surface area contributed by atoms with Crippen molar-refractivity contribution in [3.63, 3.8) is 0 Å². The van der Waals surface area contributed by atoms with E-state index < -0.39 is 0 Å². The Kier molecular flexibility index (Phi) is 4.62. The van der Waals surface area contributed by atoms with Crippen LogP contribution >= 0.6 is 7.92 Å². The lowest BCUT2D eigenvalue weighted by atomic mass is 10.00. The second kappa shape index (κ2) is 6.02. The van der Waals surface area contributed by atoms with Gasteiger partial charge < -0.3 is 0 Å². The van der Waals surface area contributed by atoms with Crippen LogP contribution in [0.25, 0.3) is 6.08 Å². The van der Waals surface area contributed by atoms with E-state index in [1.54, 1.807) is 10.9 Å². The summed E-state index contributed by atoms with van der Waals surface area (Å²) < 4.78 is 0. The van der Waals surface area contributed by atoms with Gasteiger partial charge in [-0.05, 0) is 60.2 Å². The summed E-state index contributed by atoms with van der Waals surface area (Å²) in [6.07, 6.45) is 9.25. The van der Waals surface area contributed by atoms with Crippen molar-refractivity contribution in [2.45, 2.75) is 47.0 Å². The highest BCUT2D eigenvalue weighted by atomic mass is 31.1. The molecule has 0 nitrogen and oxygen atoms in total. The summed E-state index contributed by atoms with van der Waals surface area (Å²) in [5, 5.41) is 1.75. The van der Waals surface area contributed by atoms with E-state index in [1.165, 1.54) is 48.3 Å². The standard InChI is InChI=1S/C17H25P/c1-5-9-18(10-6-2)15-11-16-13(3)7-8-14(4)17(16)12-15/h7-8,11H,5-6,9-10,12H2,1-4H3. The van der Waals surface area contributed by atoms with E-state index in [1.807, 2.05) is 0 Å². The van der Waals surface area contributed by atoms with Gasteiger partial charge in [0.1, 0.15) is 0 Å². The van der Waals surface area contributed by atoms with E-state index >= 15 is 0 Å². The average Bonchev–Trinajstić information content (AvgIpc) is 2.80. The van der Waals surface area contributed by atoms with Crippen molar-refractivity contribution in [1.29, 1.82) is 0 Å². The van der Waals surface area contributed by atoms with Gasteiger partial charge in [-0.3, -0.25) is 0 Å². The van der Waals surface area contributed by atoms with Crippen LogP contribution in [0, 0.1) is 13.8 Å². The van der Waals surface area contributed by atoms with Crippen LogP contribution in [0.15, 0.2) is 17.4 Å². The van der Waals surface area contributed by atoms with E-state index in [4.69, 9.17) is 0 Å². The molecule has 0 bridgehead atoms. The van der Waals surface area contributed by atoms with Gasteiger partial charge in [-0.2, -0.15) is 0 Å². The topological polar surface area (TPSA) is 0 Å². The van der Waals surface area contributed by atoms with E-state index in [9.17, 15) is 0 Å². The van der Waals surface area contributed by atoms with Crippen LogP contribution in [-0.2, 0) is 6.42 Å². The van der Waals surface area contributed by atoms with Crippen molar-refractivity contribution >= 4 is 14.0 Å². The molecular formula is C17H25P. The van der Waals surface area contributed by atoms with Gasteiger partial charge in [-0.15, -0.1) is 0 Å². The molecule has 0 saturated carbocycles. The predicted octanol–water partition coefficient (Wildman–Crippen LogP) is 5.50. The van der Waals surface area contributed by atoms with Crippen LogP contribution < -0.4 is 0 Å². The molecule has 0 saturated heterocycles. The van der Waals surface area contributed by atoms with E-state index in [2.05, 4.69) is 45.9 Å². The minimum Gasteiger partial charge on any atom is -0.0794 e.